The zero-order valence-corrected chi connectivity index (χ0v) is 9.14. The van der Waals surface area contributed by atoms with Crippen LogP contribution in [0.3, 0.4) is 0 Å². The van der Waals surface area contributed by atoms with Crippen molar-refractivity contribution in [3.05, 3.63) is 18.1 Å². The zero-order valence-electron chi connectivity index (χ0n) is 9.14. The molecule has 1 fully saturated rings. The molecule has 0 aliphatic carbocycles. The average Bonchev–Trinajstić information content (AvgIpc) is 2.33. The van der Waals surface area contributed by atoms with E-state index in [1.54, 1.807) is 0 Å². The number of anilines is 1. The number of nitrogen functional groups attached to an aromatic ring is 1. The molecule has 2 rings (SSSR count). The van der Waals surface area contributed by atoms with Crippen LogP contribution in [0.5, 0.6) is 0 Å². The number of amides is 2. The second kappa shape index (κ2) is 4.77. The Morgan fingerprint density at radius 2 is 2.29 bits per heavy atom. The van der Waals surface area contributed by atoms with E-state index in [1.165, 1.54) is 12.4 Å². The van der Waals surface area contributed by atoms with Crippen LogP contribution in [0.15, 0.2) is 12.4 Å². The van der Waals surface area contributed by atoms with Gasteiger partial charge in [0.2, 0.25) is 5.91 Å². The standard InChI is InChI=1S/C10H13N5O2/c11-8-5-12-7(4-13-8)10(17)15-6-1-2-9(16)14-3-6/h4-6H,1-3H2,(H2,11,13)(H,14,16)(H,15,17). The van der Waals surface area contributed by atoms with Crippen LogP contribution in [0.4, 0.5) is 5.82 Å². The van der Waals surface area contributed by atoms with E-state index in [9.17, 15) is 9.59 Å². The SMILES string of the molecule is Nc1cnc(C(=O)NC2CCC(=O)NC2)cn1. The van der Waals surface area contributed by atoms with Crippen molar-refractivity contribution in [3.63, 3.8) is 0 Å². The summed E-state index contributed by atoms with van der Waals surface area (Å²) in [5.41, 5.74) is 5.59. The van der Waals surface area contributed by atoms with Gasteiger partial charge in [0.25, 0.3) is 5.91 Å². The van der Waals surface area contributed by atoms with E-state index < -0.39 is 0 Å². The summed E-state index contributed by atoms with van der Waals surface area (Å²) >= 11 is 0. The molecule has 1 aliphatic rings. The molecule has 0 spiro atoms. The van der Waals surface area contributed by atoms with E-state index in [0.29, 0.717) is 19.4 Å². The summed E-state index contributed by atoms with van der Waals surface area (Å²) in [7, 11) is 0. The number of piperidine rings is 1. The maximum atomic E-state index is 11.7. The van der Waals surface area contributed by atoms with Gasteiger partial charge >= 0.3 is 0 Å². The highest BCUT2D eigenvalue weighted by atomic mass is 16.2. The molecule has 4 N–H and O–H groups in total. The highest BCUT2D eigenvalue weighted by molar-refractivity contribution is 5.92. The monoisotopic (exact) mass is 235 g/mol. The van der Waals surface area contributed by atoms with Crippen molar-refractivity contribution < 1.29 is 9.59 Å². The average molecular weight is 235 g/mol. The Bertz CT molecular complexity index is 421. The third-order valence-corrected chi connectivity index (χ3v) is 2.51. The molecule has 0 radical (unpaired) electrons. The molecule has 1 aromatic rings. The van der Waals surface area contributed by atoms with Gasteiger partial charge in [-0.2, -0.15) is 0 Å². The topological polar surface area (TPSA) is 110 Å². The third kappa shape index (κ3) is 2.90. The molecule has 7 nitrogen and oxygen atoms in total. The van der Waals surface area contributed by atoms with Crippen LogP contribution in [0, 0.1) is 0 Å². The van der Waals surface area contributed by atoms with E-state index in [1.807, 2.05) is 0 Å². The van der Waals surface area contributed by atoms with Gasteiger partial charge < -0.3 is 16.4 Å². The number of carbonyl (C=O) groups excluding carboxylic acids is 2. The van der Waals surface area contributed by atoms with Crippen molar-refractivity contribution in [2.75, 3.05) is 12.3 Å². The Morgan fingerprint density at radius 1 is 1.47 bits per heavy atom. The molecule has 1 saturated heterocycles. The fourth-order valence-corrected chi connectivity index (χ4v) is 1.57. The number of carbonyl (C=O) groups is 2. The van der Waals surface area contributed by atoms with Crippen molar-refractivity contribution in [1.29, 1.82) is 0 Å². The van der Waals surface area contributed by atoms with Crippen LogP contribution in [0.1, 0.15) is 23.3 Å². The van der Waals surface area contributed by atoms with Gasteiger partial charge in [-0.05, 0) is 6.42 Å². The van der Waals surface area contributed by atoms with Crippen LogP contribution in [-0.4, -0.2) is 34.4 Å². The lowest BCUT2D eigenvalue weighted by atomic mass is 10.1. The van der Waals surface area contributed by atoms with Crippen molar-refractivity contribution in [2.24, 2.45) is 0 Å². The molecular formula is C10H13N5O2. The first-order valence-electron chi connectivity index (χ1n) is 5.30. The van der Waals surface area contributed by atoms with Crippen molar-refractivity contribution in [3.8, 4) is 0 Å². The number of nitrogens with one attached hydrogen (secondary N) is 2. The Balaban J connectivity index is 1.93. The van der Waals surface area contributed by atoms with Crippen LogP contribution < -0.4 is 16.4 Å². The third-order valence-electron chi connectivity index (χ3n) is 2.51. The number of aromatic nitrogens is 2. The lowest BCUT2D eigenvalue weighted by molar-refractivity contribution is -0.122. The summed E-state index contributed by atoms with van der Waals surface area (Å²) in [6.07, 6.45) is 3.72. The summed E-state index contributed by atoms with van der Waals surface area (Å²) in [5.74, 6) is -0.0205. The lowest BCUT2D eigenvalue weighted by Gasteiger charge is -2.23. The Labute approximate surface area is 97.8 Å². The second-order valence-corrected chi connectivity index (χ2v) is 3.84. The first-order valence-corrected chi connectivity index (χ1v) is 5.30. The normalized spacial score (nSPS) is 19.5. The smallest absolute Gasteiger partial charge is 0.271 e. The molecule has 1 atom stereocenters. The van der Waals surface area contributed by atoms with E-state index in [2.05, 4.69) is 20.6 Å². The van der Waals surface area contributed by atoms with Gasteiger partial charge in [0, 0.05) is 19.0 Å². The fraction of sp³-hybridized carbons (Fsp3) is 0.400. The van der Waals surface area contributed by atoms with Gasteiger partial charge in [0.05, 0.1) is 12.4 Å². The summed E-state index contributed by atoms with van der Waals surface area (Å²) in [6, 6.07) is -0.0560. The highest BCUT2D eigenvalue weighted by Gasteiger charge is 2.20. The molecule has 0 bridgehead atoms. The van der Waals surface area contributed by atoms with E-state index in [-0.39, 0.29) is 29.4 Å². The molecule has 2 heterocycles. The number of hydrogen-bond acceptors (Lipinski definition) is 5. The van der Waals surface area contributed by atoms with Gasteiger partial charge in [-0.3, -0.25) is 9.59 Å². The number of rotatable bonds is 2. The highest BCUT2D eigenvalue weighted by Crippen LogP contribution is 2.04. The molecule has 2 amide bonds. The molecular weight excluding hydrogens is 222 g/mol. The molecule has 1 aromatic heterocycles. The fourth-order valence-electron chi connectivity index (χ4n) is 1.57. The van der Waals surface area contributed by atoms with Gasteiger partial charge in [-0.15, -0.1) is 0 Å². The minimum absolute atomic E-state index is 0.0165. The number of hydrogen-bond donors (Lipinski definition) is 3. The predicted octanol–water partition coefficient (Wildman–Crippen LogP) is -0.933. The van der Waals surface area contributed by atoms with Gasteiger partial charge in [-0.1, -0.05) is 0 Å². The summed E-state index contributed by atoms with van der Waals surface area (Å²) < 4.78 is 0. The molecule has 17 heavy (non-hydrogen) atoms. The maximum absolute atomic E-state index is 11.7. The number of nitrogens with two attached hydrogens (primary N) is 1. The van der Waals surface area contributed by atoms with E-state index >= 15 is 0 Å². The van der Waals surface area contributed by atoms with Gasteiger partial charge in [-0.25, -0.2) is 9.97 Å². The summed E-state index contributed by atoms with van der Waals surface area (Å²) in [5, 5.41) is 5.47. The second-order valence-electron chi connectivity index (χ2n) is 3.84. The van der Waals surface area contributed by atoms with Crippen molar-refractivity contribution in [1.82, 2.24) is 20.6 Å². The predicted molar refractivity (Wildman–Crippen MR) is 59.9 cm³/mol. The van der Waals surface area contributed by atoms with Gasteiger partial charge in [0.15, 0.2) is 0 Å². The Morgan fingerprint density at radius 3 is 2.88 bits per heavy atom. The van der Waals surface area contributed by atoms with Crippen LogP contribution >= 0.6 is 0 Å². The molecule has 0 aromatic carbocycles. The van der Waals surface area contributed by atoms with Crippen LogP contribution in [0.2, 0.25) is 0 Å². The minimum Gasteiger partial charge on any atom is -0.382 e. The van der Waals surface area contributed by atoms with Crippen molar-refractivity contribution >= 4 is 17.6 Å². The van der Waals surface area contributed by atoms with E-state index in [4.69, 9.17) is 5.73 Å². The first kappa shape index (κ1) is 11.3. The first-order chi connectivity index (χ1) is 8.15. The lowest BCUT2D eigenvalue weighted by Crippen LogP contribution is -2.47. The van der Waals surface area contributed by atoms with Crippen LogP contribution in [-0.2, 0) is 4.79 Å². The molecule has 7 heteroatoms. The molecule has 90 valence electrons. The zero-order chi connectivity index (χ0) is 12.3. The quantitative estimate of drug-likeness (QED) is 0.613. The largest absolute Gasteiger partial charge is 0.382 e. The summed E-state index contributed by atoms with van der Waals surface area (Å²) in [4.78, 5) is 30.3. The summed E-state index contributed by atoms with van der Waals surface area (Å²) in [6.45, 7) is 0.451. The molecule has 0 saturated carbocycles. The van der Waals surface area contributed by atoms with Crippen molar-refractivity contribution in [2.45, 2.75) is 18.9 Å². The molecule has 1 unspecified atom stereocenters. The molecule has 1 aliphatic heterocycles. The van der Waals surface area contributed by atoms with Gasteiger partial charge in [0.1, 0.15) is 11.5 Å². The number of nitrogens with zero attached hydrogens (tertiary/aromatic N) is 2. The Hall–Kier alpha value is -2.18. The maximum Gasteiger partial charge on any atom is 0.271 e. The minimum atomic E-state index is -0.307. The Kier molecular flexibility index (Phi) is 3.17. The van der Waals surface area contributed by atoms with E-state index in [0.717, 1.165) is 0 Å². The van der Waals surface area contributed by atoms with Crippen LogP contribution in [0.25, 0.3) is 0 Å².